The molecule has 0 saturated carbocycles. The predicted molar refractivity (Wildman–Crippen MR) is 38.9 cm³/mol. The molecule has 0 amide bonds. The van der Waals surface area contributed by atoms with Gasteiger partial charge in [-0.25, -0.2) is 0 Å². The van der Waals surface area contributed by atoms with Gasteiger partial charge in [0.05, 0.1) is 12.0 Å². The molecule has 1 rings (SSSR count). The van der Waals surface area contributed by atoms with Gasteiger partial charge >= 0.3 is 0 Å². The summed E-state index contributed by atoms with van der Waals surface area (Å²) in [6.45, 7) is 5.18. The van der Waals surface area contributed by atoms with Crippen LogP contribution in [-0.2, 0) is 4.79 Å². The maximum atomic E-state index is 10.4. The van der Waals surface area contributed by atoms with E-state index in [4.69, 9.17) is 0 Å². The Labute approximate surface area is 66.2 Å². The van der Waals surface area contributed by atoms with E-state index >= 15 is 0 Å². The minimum absolute atomic E-state index is 0.483. The second kappa shape index (κ2) is 3.69. The Balaban J connectivity index is 2.39. The van der Waals surface area contributed by atoms with Gasteiger partial charge in [0.1, 0.15) is 0 Å². The first-order valence-corrected chi connectivity index (χ1v) is 3.90. The Bertz CT molecular complexity index is 149. The van der Waals surface area contributed by atoms with E-state index in [0.29, 0.717) is 6.54 Å². The Morgan fingerprint density at radius 1 is 1.82 bits per heavy atom. The summed E-state index contributed by atoms with van der Waals surface area (Å²) in [6, 6.07) is -0.483. The maximum absolute atomic E-state index is 10.4. The van der Waals surface area contributed by atoms with Crippen molar-refractivity contribution < 1.29 is 9.90 Å². The lowest BCUT2D eigenvalue weighted by Crippen LogP contribution is -2.57. The van der Waals surface area contributed by atoms with E-state index < -0.39 is 12.0 Å². The zero-order chi connectivity index (χ0) is 8.27. The first-order chi connectivity index (χ1) is 5.24. The molecule has 0 aromatic rings. The SMILES string of the molecule is CCN1CCNC(C(=O)[O-])C1. The summed E-state index contributed by atoms with van der Waals surface area (Å²) in [7, 11) is 0. The number of nitrogens with zero attached hydrogens (tertiary/aromatic N) is 1. The van der Waals surface area contributed by atoms with Crippen molar-refractivity contribution in [2.75, 3.05) is 26.2 Å². The van der Waals surface area contributed by atoms with Crippen LogP contribution in [0.25, 0.3) is 0 Å². The van der Waals surface area contributed by atoms with Crippen molar-refractivity contribution in [3.8, 4) is 0 Å². The third kappa shape index (κ3) is 2.17. The van der Waals surface area contributed by atoms with Crippen molar-refractivity contribution >= 4 is 5.97 Å². The first kappa shape index (κ1) is 8.49. The van der Waals surface area contributed by atoms with Crippen LogP contribution in [0.2, 0.25) is 0 Å². The van der Waals surface area contributed by atoms with Gasteiger partial charge in [-0.15, -0.1) is 0 Å². The fourth-order valence-corrected chi connectivity index (χ4v) is 1.26. The monoisotopic (exact) mass is 157 g/mol. The molecule has 0 spiro atoms. The Hall–Kier alpha value is -0.610. The van der Waals surface area contributed by atoms with Crippen LogP contribution in [-0.4, -0.2) is 43.1 Å². The number of rotatable bonds is 2. The van der Waals surface area contributed by atoms with Gasteiger partial charge < -0.3 is 20.1 Å². The number of likely N-dealkylation sites (N-methyl/N-ethyl adjacent to an activating group) is 1. The summed E-state index contributed by atoms with van der Waals surface area (Å²) in [6.07, 6.45) is 0. The lowest BCUT2D eigenvalue weighted by molar-refractivity contribution is -0.309. The molecule has 4 heteroatoms. The molecular weight excluding hydrogens is 144 g/mol. The standard InChI is InChI=1S/C7H14N2O2/c1-2-9-4-3-8-6(5-9)7(10)11/h6,8H,2-5H2,1H3,(H,10,11)/p-1. The van der Waals surface area contributed by atoms with Crippen molar-refractivity contribution in [3.05, 3.63) is 0 Å². The molecule has 0 aromatic heterocycles. The summed E-state index contributed by atoms with van der Waals surface area (Å²) < 4.78 is 0. The van der Waals surface area contributed by atoms with Crippen LogP contribution in [0, 0.1) is 0 Å². The predicted octanol–water partition coefficient (Wildman–Crippen LogP) is -1.97. The average Bonchev–Trinajstić information content (AvgIpc) is 2.05. The third-order valence-electron chi connectivity index (χ3n) is 1.99. The molecule has 1 saturated heterocycles. The van der Waals surface area contributed by atoms with Crippen LogP contribution in [0.15, 0.2) is 0 Å². The van der Waals surface area contributed by atoms with Crippen LogP contribution in [0.5, 0.6) is 0 Å². The van der Waals surface area contributed by atoms with Crippen molar-refractivity contribution in [1.82, 2.24) is 10.2 Å². The van der Waals surface area contributed by atoms with Crippen molar-refractivity contribution in [2.45, 2.75) is 13.0 Å². The second-order valence-electron chi connectivity index (χ2n) is 2.72. The van der Waals surface area contributed by atoms with Crippen LogP contribution in [0.3, 0.4) is 0 Å². The number of piperazine rings is 1. The van der Waals surface area contributed by atoms with E-state index in [9.17, 15) is 9.90 Å². The quantitative estimate of drug-likeness (QED) is 0.505. The van der Waals surface area contributed by atoms with E-state index in [-0.39, 0.29) is 0 Å². The second-order valence-corrected chi connectivity index (χ2v) is 2.72. The molecule has 4 nitrogen and oxygen atoms in total. The molecule has 1 aliphatic heterocycles. The van der Waals surface area contributed by atoms with Crippen LogP contribution < -0.4 is 10.4 Å². The van der Waals surface area contributed by atoms with Gasteiger partial charge in [-0.2, -0.15) is 0 Å². The fraction of sp³-hybridized carbons (Fsp3) is 0.857. The van der Waals surface area contributed by atoms with Crippen LogP contribution in [0.4, 0.5) is 0 Å². The number of carboxylic acid groups (broad SMARTS) is 1. The average molecular weight is 157 g/mol. The fourth-order valence-electron chi connectivity index (χ4n) is 1.26. The van der Waals surface area contributed by atoms with E-state index in [2.05, 4.69) is 10.2 Å². The molecule has 11 heavy (non-hydrogen) atoms. The number of carboxylic acids is 1. The zero-order valence-electron chi connectivity index (χ0n) is 6.67. The molecule has 64 valence electrons. The van der Waals surface area contributed by atoms with E-state index in [1.165, 1.54) is 0 Å². The highest BCUT2D eigenvalue weighted by Gasteiger charge is 2.17. The summed E-state index contributed by atoms with van der Waals surface area (Å²) in [4.78, 5) is 12.5. The summed E-state index contributed by atoms with van der Waals surface area (Å²) in [5, 5.41) is 13.3. The number of hydrogen-bond donors (Lipinski definition) is 1. The first-order valence-electron chi connectivity index (χ1n) is 3.90. The highest BCUT2D eigenvalue weighted by Crippen LogP contribution is 1.96. The number of hydrogen-bond acceptors (Lipinski definition) is 4. The molecule has 0 bridgehead atoms. The van der Waals surface area contributed by atoms with Gasteiger partial charge in [0.15, 0.2) is 0 Å². The summed E-state index contributed by atoms with van der Waals surface area (Å²) in [5.74, 6) is -0.997. The van der Waals surface area contributed by atoms with Gasteiger partial charge in [-0.3, -0.25) is 0 Å². The van der Waals surface area contributed by atoms with Crippen molar-refractivity contribution in [1.29, 1.82) is 0 Å². The topological polar surface area (TPSA) is 55.4 Å². The van der Waals surface area contributed by atoms with Crippen LogP contribution >= 0.6 is 0 Å². The van der Waals surface area contributed by atoms with Gasteiger partial charge in [0, 0.05) is 19.6 Å². The van der Waals surface area contributed by atoms with Gasteiger partial charge in [0.25, 0.3) is 0 Å². The molecule has 0 radical (unpaired) electrons. The van der Waals surface area contributed by atoms with Gasteiger partial charge in [-0.1, -0.05) is 6.92 Å². The Morgan fingerprint density at radius 3 is 3.09 bits per heavy atom. The van der Waals surface area contributed by atoms with E-state index in [1.807, 2.05) is 6.92 Å². The number of aliphatic carboxylic acids is 1. The molecule has 1 heterocycles. The maximum Gasteiger partial charge on any atom is 0.0597 e. The largest absolute Gasteiger partial charge is 0.548 e. The summed E-state index contributed by atoms with van der Waals surface area (Å²) >= 11 is 0. The molecule has 1 aliphatic rings. The molecule has 1 atom stereocenters. The van der Waals surface area contributed by atoms with Gasteiger partial charge in [0.2, 0.25) is 0 Å². The number of nitrogens with one attached hydrogen (secondary N) is 1. The smallest absolute Gasteiger partial charge is 0.0597 e. The van der Waals surface area contributed by atoms with Crippen molar-refractivity contribution in [2.24, 2.45) is 0 Å². The third-order valence-corrected chi connectivity index (χ3v) is 1.99. The van der Waals surface area contributed by atoms with Crippen molar-refractivity contribution in [3.63, 3.8) is 0 Å². The lowest BCUT2D eigenvalue weighted by atomic mass is 10.2. The summed E-state index contributed by atoms with van der Waals surface area (Å²) in [5.41, 5.74) is 0. The Kier molecular flexibility index (Phi) is 2.84. The van der Waals surface area contributed by atoms with Crippen LogP contribution in [0.1, 0.15) is 6.92 Å². The minimum atomic E-state index is -0.997. The van der Waals surface area contributed by atoms with Gasteiger partial charge in [-0.05, 0) is 6.54 Å². The zero-order valence-corrected chi connectivity index (χ0v) is 6.67. The Morgan fingerprint density at radius 2 is 2.55 bits per heavy atom. The number of carbonyl (C=O) groups is 1. The minimum Gasteiger partial charge on any atom is -0.548 e. The van der Waals surface area contributed by atoms with E-state index in [1.54, 1.807) is 0 Å². The molecule has 1 unspecified atom stereocenters. The molecule has 0 aromatic carbocycles. The normalized spacial score (nSPS) is 26.8. The molecule has 1 fully saturated rings. The highest BCUT2D eigenvalue weighted by molar-refractivity contribution is 5.71. The molecule has 1 N–H and O–H groups in total. The molecule has 0 aliphatic carbocycles. The lowest BCUT2D eigenvalue weighted by Gasteiger charge is -2.33. The number of carbonyl (C=O) groups excluding carboxylic acids is 1. The highest BCUT2D eigenvalue weighted by atomic mass is 16.4. The molecular formula is C7H13N2O2-. The van der Waals surface area contributed by atoms with E-state index in [0.717, 1.165) is 19.6 Å².